The van der Waals surface area contributed by atoms with Crippen molar-refractivity contribution >= 4 is 40.7 Å². The van der Waals surface area contributed by atoms with Gasteiger partial charge >= 0.3 is 5.97 Å². The highest BCUT2D eigenvalue weighted by Gasteiger charge is 2.34. The predicted molar refractivity (Wildman–Crippen MR) is 96.5 cm³/mol. The molecule has 0 atom stereocenters. The molecule has 0 aromatic heterocycles. The molecule has 0 amide bonds. The molecule has 0 spiro atoms. The van der Waals surface area contributed by atoms with Crippen molar-refractivity contribution in [3.63, 3.8) is 0 Å². The molecule has 3 rings (SSSR count). The monoisotopic (exact) mass is 363 g/mol. The second-order valence-corrected chi connectivity index (χ2v) is 7.16. The number of Topliss-reactive ketones (excluding diaryl/α,β-unsaturated/α-hetero) is 1. The maximum Gasteiger partial charge on any atom is 0.331 e. The molecule has 0 aliphatic carbocycles. The Morgan fingerprint density at radius 1 is 1.21 bits per heavy atom. The molecule has 6 heteroatoms. The predicted octanol–water partition coefficient (Wildman–Crippen LogP) is 3.87. The number of piperidine rings is 1. The van der Waals surface area contributed by atoms with Crippen molar-refractivity contribution in [1.82, 2.24) is 4.90 Å². The zero-order valence-corrected chi connectivity index (χ0v) is 15.0. The number of ether oxygens (including phenoxy) is 1. The van der Waals surface area contributed by atoms with Gasteiger partial charge in [0, 0.05) is 24.2 Å². The molecule has 1 aromatic rings. The quantitative estimate of drug-likeness (QED) is 0.602. The van der Waals surface area contributed by atoms with Crippen LogP contribution >= 0.6 is 23.4 Å². The molecule has 0 bridgehead atoms. The van der Waals surface area contributed by atoms with Crippen molar-refractivity contribution in [2.45, 2.75) is 19.3 Å². The number of nitrogens with zero attached hydrogens (tertiary/aromatic N) is 1. The third-order valence-corrected chi connectivity index (χ3v) is 5.53. The summed E-state index contributed by atoms with van der Waals surface area (Å²) in [6, 6.07) is 7.25. The summed E-state index contributed by atoms with van der Waals surface area (Å²) in [7, 11) is 1.31. The number of benzene rings is 1. The minimum Gasteiger partial charge on any atom is -0.466 e. The Bertz CT molecular complexity index is 718. The summed E-state index contributed by atoms with van der Waals surface area (Å²) in [5.74, 6) is -0.644. The molecular formula is C18H18ClNO3S. The van der Waals surface area contributed by atoms with Crippen molar-refractivity contribution < 1.29 is 14.3 Å². The minimum absolute atomic E-state index is 0.131. The van der Waals surface area contributed by atoms with E-state index in [2.05, 4.69) is 9.64 Å². The first-order chi connectivity index (χ1) is 11.6. The Morgan fingerprint density at radius 2 is 1.88 bits per heavy atom. The number of likely N-dealkylation sites (tertiary alicyclic amines) is 1. The SMILES string of the molecule is COC(=O)/C=C1\SC(N2CCCCC2)=C(c2ccc(Cl)cc2)C1=O. The molecule has 2 aliphatic heterocycles. The number of carbonyl (C=O) groups is 2. The Labute approximate surface area is 150 Å². The average molecular weight is 364 g/mol. The van der Waals surface area contributed by atoms with Gasteiger partial charge in [-0.3, -0.25) is 4.79 Å². The van der Waals surface area contributed by atoms with E-state index in [1.165, 1.54) is 31.4 Å². The van der Waals surface area contributed by atoms with Crippen LogP contribution in [-0.4, -0.2) is 36.9 Å². The fourth-order valence-electron chi connectivity index (χ4n) is 2.87. The maximum atomic E-state index is 12.9. The number of hydrogen-bond donors (Lipinski definition) is 0. The molecule has 24 heavy (non-hydrogen) atoms. The van der Waals surface area contributed by atoms with Crippen LogP contribution in [-0.2, 0) is 14.3 Å². The molecule has 0 radical (unpaired) electrons. The van der Waals surface area contributed by atoms with Gasteiger partial charge in [0.15, 0.2) is 0 Å². The second kappa shape index (κ2) is 7.45. The number of ketones is 1. The Morgan fingerprint density at radius 3 is 2.50 bits per heavy atom. The maximum absolute atomic E-state index is 12.9. The minimum atomic E-state index is -0.513. The first-order valence-corrected chi connectivity index (χ1v) is 9.07. The zero-order chi connectivity index (χ0) is 17.1. The van der Waals surface area contributed by atoms with Crippen LogP contribution in [0.2, 0.25) is 5.02 Å². The van der Waals surface area contributed by atoms with Crippen molar-refractivity contribution in [2.24, 2.45) is 0 Å². The van der Waals surface area contributed by atoms with Crippen molar-refractivity contribution in [2.75, 3.05) is 20.2 Å². The molecule has 126 valence electrons. The highest BCUT2D eigenvalue weighted by Crippen LogP contribution is 2.45. The van der Waals surface area contributed by atoms with E-state index in [0.717, 1.165) is 36.5 Å². The largest absolute Gasteiger partial charge is 0.466 e. The summed E-state index contributed by atoms with van der Waals surface area (Å²) in [5, 5.41) is 1.56. The smallest absolute Gasteiger partial charge is 0.331 e. The summed E-state index contributed by atoms with van der Waals surface area (Å²) < 4.78 is 4.67. The van der Waals surface area contributed by atoms with Gasteiger partial charge in [-0.1, -0.05) is 35.5 Å². The third-order valence-electron chi connectivity index (χ3n) is 4.10. The number of rotatable bonds is 3. The van der Waals surface area contributed by atoms with Crippen LogP contribution in [0.3, 0.4) is 0 Å². The molecule has 0 unspecified atom stereocenters. The van der Waals surface area contributed by atoms with E-state index in [4.69, 9.17) is 11.6 Å². The van der Waals surface area contributed by atoms with Crippen LogP contribution in [0.5, 0.6) is 0 Å². The van der Waals surface area contributed by atoms with Crippen molar-refractivity contribution in [3.05, 3.63) is 50.9 Å². The van der Waals surface area contributed by atoms with E-state index in [-0.39, 0.29) is 5.78 Å². The number of carbonyl (C=O) groups excluding carboxylic acids is 2. The van der Waals surface area contributed by atoms with E-state index in [1.54, 1.807) is 12.1 Å². The normalized spacial score (nSPS) is 20.0. The lowest BCUT2D eigenvalue weighted by Crippen LogP contribution is -2.28. The summed E-state index contributed by atoms with van der Waals surface area (Å²) in [4.78, 5) is 27.1. The topological polar surface area (TPSA) is 46.6 Å². The van der Waals surface area contributed by atoms with Crippen molar-refractivity contribution in [3.8, 4) is 0 Å². The highest BCUT2D eigenvalue weighted by atomic mass is 35.5. The lowest BCUT2D eigenvalue weighted by atomic mass is 10.0. The van der Waals surface area contributed by atoms with E-state index >= 15 is 0 Å². The Hall–Kier alpha value is -1.72. The van der Waals surface area contributed by atoms with Gasteiger partial charge in [-0.15, -0.1) is 0 Å². The molecule has 0 N–H and O–H groups in total. The van der Waals surface area contributed by atoms with Crippen LogP contribution in [0.4, 0.5) is 0 Å². The average Bonchev–Trinajstić information content (AvgIpc) is 2.93. The number of thioether (sulfide) groups is 1. The summed E-state index contributed by atoms with van der Waals surface area (Å²) in [5.41, 5.74) is 1.47. The second-order valence-electron chi connectivity index (χ2n) is 5.70. The molecule has 2 heterocycles. The van der Waals surface area contributed by atoms with Crippen LogP contribution in [0.15, 0.2) is 40.3 Å². The Balaban J connectivity index is 2.02. The molecule has 2 aliphatic rings. The van der Waals surface area contributed by atoms with Gasteiger partial charge in [-0.2, -0.15) is 0 Å². The number of allylic oxidation sites excluding steroid dienone is 2. The van der Waals surface area contributed by atoms with E-state index in [1.807, 2.05) is 12.1 Å². The van der Waals surface area contributed by atoms with Crippen molar-refractivity contribution in [1.29, 1.82) is 0 Å². The summed E-state index contributed by atoms with van der Waals surface area (Å²) in [6.07, 6.45) is 4.72. The first kappa shape index (κ1) is 17.1. The fraction of sp³-hybridized carbons (Fsp3) is 0.333. The molecule has 0 saturated carbocycles. The van der Waals surface area contributed by atoms with Gasteiger partial charge in [0.25, 0.3) is 0 Å². The van der Waals surface area contributed by atoms with E-state index in [0.29, 0.717) is 15.5 Å². The van der Waals surface area contributed by atoms with E-state index in [9.17, 15) is 9.59 Å². The molecular weight excluding hydrogens is 346 g/mol. The van der Waals surface area contributed by atoms with Gasteiger partial charge in [0.1, 0.15) is 0 Å². The molecule has 1 fully saturated rings. The lowest BCUT2D eigenvalue weighted by molar-refractivity contribution is -0.135. The lowest BCUT2D eigenvalue weighted by Gasteiger charge is -2.29. The van der Waals surface area contributed by atoms with Gasteiger partial charge < -0.3 is 9.64 Å². The van der Waals surface area contributed by atoms with Crippen LogP contribution in [0.25, 0.3) is 5.57 Å². The number of halogens is 1. The molecule has 1 aromatic carbocycles. The molecule has 4 nitrogen and oxygen atoms in total. The number of methoxy groups -OCH3 is 1. The fourth-order valence-corrected chi connectivity index (χ4v) is 4.18. The summed E-state index contributed by atoms with van der Waals surface area (Å²) >= 11 is 7.33. The van der Waals surface area contributed by atoms with Gasteiger partial charge in [0.2, 0.25) is 5.78 Å². The van der Waals surface area contributed by atoms with Crippen LogP contribution in [0.1, 0.15) is 24.8 Å². The third kappa shape index (κ3) is 3.52. The standard InChI is InChI=1S/C18H18ClNO3S/c1-23-15(21)11-14-17(22)16(12-5-7-13(19)8-6-12)18(24-14)20-9-3-2-4-10-20/h5-8,11H,2-4,9-10H2,1H3/b14-11-. The highest BCUT2D eigenvalue weighted by molar-refractivity contribution is 8.08. The van der Waals surface area contributed by atoms with Gasteiger partial charge in [0.05, 0.1) is 22.6 Å². The number of esters is 1. The first-order valence-electron chi connectivity index (χ1n) is 7.87. The number of hydrogen-bond acceptors (Lipinski definition) is 5. The summed E-state index contributed by atoms with van der Waals surface area (Å²) in [6.45, 7) is 1.86. The van der Waals surface area contributed by atoms with E-state index < -0.39 is 5.97 Å². The molecule has 1 saturated heterocycles. The van der Waals surface area contributed by atoms with Gasteiger partial charge in [-0.25, -0.2) is 4.79 Å². The van der Waals surface area contributed by atoms with Crippen LogP contribution in [0, 0.1) is 0 Å². The zero-order valence-electron chi connectivity index (χ0n) is 13.4. The Kier molecular flexibility index (Phi) is 5.31. The van der Waals surface area contributed by atoms with Crippen LogP contribution < -0.4 is 0 Å². The van der Waals surface area contributed by atoms with Gasteiger partial charge in [-0.05, 0) is 37.0 Å².